The lowest BCUT2D eigenvalue weighted by molar-refractivity contribution is -0.141. The molecule has 14 nitrogen and oxygen atoms in total. The number of thiol groups is 1. The molecule has 0 aromatic carbocycles. The zero-order chi connectivity index (χ0) is 29.3. The highest BCUT2D eigenvalue weighted by Gasteiger charge is 2.29. The van der Waals surface area contributed by atoms with Crippen LogP contribution in [-0.4, -0.2) is 89.7 Å². The van der Waals surface area contributed by atoms with Crippen LogP contribution in [0.2, 0.25) is 0 Å². The summed E-state index contributed by atoms with van der Waals surface area (Å²) in [4.78, 5) is 72.8. The van der Waals surface area contributed by atoms with Crippen LogP contribution in [0.4, 0.5) is 0 Å². The first-order valence-corrected chi connectivity index (χ1v) is 13.2. The van der Waals surface area contributed by atoms with Crippen LogP contribution in [0.3, 0.4) is 0 Å². The summed E-state index contributed by atoms with van der Waals surface area (Å²) in [6.45, 7) is 4.83. The van der Waals surface area contributed by atoms with Gasteiger partial charge < -0.3 is 43.2 Å². The van der Waals surface area contributed by atoms with E-state index in [1.165, 1.54) is 20.8 Å². The molecule has 218 valence electrons. The summed E-state index contributed by atoms with van der Waals surface area (Å²) in [5.74, 6) is -3.91. The van der Waals surface area contributed by atoms with Crippen molar-refractivity contribution in [3.8, 4) is 0 Å². The zero-order valence-electron chi connectivity index (χ0n) is 22.2. The van der Waals surface area contributed by atoms with Crippen LogP contribution < -0.4 is 38.1 Å². The molecule has 0 fully saturated rings. The molecule has 5 amide bonds. The maximum absolute atomic E-state index is 13.1. The van der Waals surface area contributed by atoms with Crippen LogP contribution in [0.1, 0.15) is 59.3 Å². The minimum absolute atomic E-state index is 0.0722. The van der Waals surface area contributed by atoms with Gasteiger partial charge in [0.15, 0.2) is 0 Å². The Morgan fingerprint density at radius 1 is 0.763 bits per heavy atom. The predicted octanol–water partition coefficient (Wildman–Crippen LogP) is -2.26. The Balaban J connectivity index is 5.50. The van der Waals surface area contributed by atoms with E-state index >= 15 is 0 Å². The summed E-state index contributed by atoms with van der Waals surface area (Å²) in [7, 11) is 0. The van der Waals surface area contributed by atoms with Gasteiger partial charge in [0.25, 0.3) is 0 Å². The molecule has 38 heavy (non-hydrogen) atoms. The Labute approximate surface area is 228 Å². The van der Waals surface area contributed by atoms with E-state index in [-0.39, 0.29) is 24.5 Å². The van der Waals surface area contributed by atoms with Crippen molar-refractivity contribution in [3.63, 3.8) is 0 Å². The summed E-state index contributed by atoms with van der Waals surface area (Å²) in [6, 6.07) is -5.22. The molecular formula is C23H43N7O7S. The molecule has 0 aliphatic rings. The Kier molecular flexibility index (Phi) is 17.7. The van der Waals surface area contributed by atoms with Crippen molar-refractivity contribution < 1.29 is 33.9 Å². The third kappa shape index (κ3) is 14.7. The van der Waals surface area contributed by atoms with Gasteiger partial charge in [-0.3, -0.25) is 28.8 Å². The average Bonchev–Trinajstić information content (AvgIpc) is 2.85. The lowest BCUT2D eigenvalue weighted by atomic mass is 10.0. The highest BCUT2D eigenvalue weighted by atomic mass is 32.1. The van der Waals surface area contributed by atoms with Crippen molar-refractivity contribution in [2.75, 3.05) is 18.8 Å². The summed E-state index contributed by atoms with van der Waals surface area (Å²) in [6.07, 6.45) is 2.57. The van der Waals surface area contributed by atoms with Gasteiger partial charge >= 0.3 is 5.97 Å². The number of hydrogen-bond donors (Lipinski definition) is 9. The molecule has 0 heterocycles. The van der Waals surface area contributed by atoms with Gasteiger partial charge in [0, 0.05) is 19.2 Å². The Morgan fingerprint density at radius 2 is 1.26 bits per heavy atom. The van der Waals surface area contributed by atoms with E-state index in [0.29, 0.717) is 38.8 Å². The number of nitrogens with two attached hydrogens (primary N) is 2. The number of unbranched alkanes of at least 4 members (excludes halogenated alkanes) is 2. The van der Waals surface area contributed by atoms with Crippen molar-refractivity contribution in [1.29, 1.82) is 0 Å². The van der Waals surface area contributed by atoms with E-state index in [2.05, 4.69) is 39.2 Å². The number of carbonyl (C=O) groups is 6. The number of nitrogens with one attached hydrogen (secondary N) is 5. The van der Waals surface area contributed by atoms with Crippen LogP contribution in [0.25, 0.3) is 0 Å². The number of aliphatic carboxylic acids is 1. The number of rotatable bonds is 19. The molecule has 0 spiro atoms. The van der Waals surface area contributed by atoms with Gasteiger partial charge in [0.1, 0.15) is 24.2 Å². The molecule has 0 rings (SSSR count). The van der Waals surface area contributed by atoms with E-state index in [1.807, 2.05) is 0 Å². The highest BCUT2D eigenvalue weighted by molar-refractivity contribution is 7.80. The molecule has 0 saturated heterocycles. The Bertz CT molecular complexity index is 815. The first-order valence-electron chi connectivity index (χ1n) is 12.6. The average molecular weight is 562 g/mol. The van der Waals surface area contributed by atoms with Crippen LogP contribution in [0.5, 0.6) is 0 Å². The van der Waals surface area contributed by atoms with Crippen LogP contribution in [0.15, 0.2) is 0 Å². The monoisotopic (exact) mass is 561 g/mol. The van der Waals surface area contributed by atoms with E-state index in [1.54, 1.807) is 0 Å². The van der Waals surface area contributed by atoms with Gasteiger partial charge in [0.2, 0.25) is 29.5 Å². The van der Waals surface area contributed by atoms with Crippen molar-refractivity contribution in [1.82, 2.24) is 26.6 Å². The second-order valence-electron chi connectivity index (χ2n) is 8.97. The van der Waals surface area contributed by atoms with E-state index < -0.39 is 59.8 Å². The molecule has 5 atom stereocenters. The molecule has 0 aliphatic heterocycles. The van der Waals surface area contributed by atoms with E-state index in [0.717, 1.165) is 0 Å². The van der Waals surface area contributed by atoms with Gasteiger partial charge in [-0.05, 0) is 58.9 Å². The molecule has 15 heteroatoms. The van der Waals surface area contributed by atoms with Crippen LogP contribution in [0, 0.1) is 0 Å². The third-order valence-corrected chi connectivity index (χ3v) is 5.91. The molecule has 0 aromatic heterocycles. The number of amides is 5. The summed E-state index contributed by atoms with van der Waals surface area (Å²) in [5.41, 5.74) is 11.2. The lowest BCUT2D eigenvalue weighted by Gasteiger charge is -2.25. The Morgan fingerprint density at radius 3 is 1.76 bits per heavy atom. The molecule has 10 N–H and O–H groups in total. The van der Waals surface area contributed by atoms with Gasteiger partial charge in [-0.1, -0.05) is 0 Å². The fourth-order valence-corrected chi connectivity index (χ4v) is 3.35. The van der Waals surface area contributed by atoms with Crippen molar-refractivity contribution in [2.24, 2.45) is 11.5 Å². The Hall–Kier alpha value is -2.91. The third-order valence-electron chi connectivity index (χ3n) is 5.52. The number of carbonyl (C=O) groups excluding carboxylic acids is 5. The highest BCUT2D eigenvalue weighted by Crippen LogP contribution is 2.06. The van der Waals surface area contributed by atoms with Crippen molar-refractivity contribution in [2.45, 2.75) is 89.5 Å². The topological polar surface area (TPSA) is 235 Å². The SMILES string of the molecule is CC(=O)NCCCC[C@H](NC(=O)[C@H](CCCCN)NC(=O)[C@@H](N)CS)C(=O)N[C@H](C)C(=O)N[C@H](C)C(=O)O. The summed E-state index contributed by atoms with van der Waals surface area (Å²) >= 11 is 4.00. The molecular weight excluding hydrogens is 518 g/mol. The molecule has 0 aliphatic carbocycles. The molecule has 0 saturated carbocycles. The quantitative estimate of drug-likeness (QED) is 0.0610. The lowest BCUT2D eigenvalue weighted by Crippen LogP contribution is -2.58. The summed E-state index contributed by atoms with van der Waals surface area (Å²) in [5, 5.41) is 21.6. The van der Waals surface area contributed by atoms with Gasteiger partial charge in [-0.15, -0.1) is 0 Å². The maximum atomic E-state index is 13.1. The predicted molar refractivity (Wildman–Crippen MR) is 144 cm³/mol. The zero-order valence-corrected chi connectivity index (χ0v) is 23.1. The van der Waals surface area contributed by atoms with E-state index in [4.69, 9.17) is 16.6 Å². The van der Waals surface area contributed by atoms with Crippen LogP contribution >= 0.6 is 12.6 Å². The molecule has 0 radical (unpaired) electrons. The first kappa shape index (κ1) is 35.1. The van der Waals surface area contributed by atoms with Crippen molar-refractivity contribution >= 4 is 48.1 Å². The fourth-order valence-electron chi connectivity index (χ4n) is 3.18. The van der Waals surface area contributed by atoms with Crippen molar-refractivity contribution in [3.05, 3.63) is 0 Å². The maximum Gasteiger partial charge on any atom is 0.325 e. The van der Waals surface area contributed by atoms with Gasteiger partial charge in [-0.25, -0.2) is 0 Å². The number of carboxylic acids is 1. The van der Waals surface area contributed by atoms with Gasteiger partial charge in [0.05, 0.1) is 6.04 Å². The minimum Gasteiger partial charge on any atom is -0.480 e. The molecule has 0 aromatic rings. The normalized spacial score (nSPS) is 14.7. The number of hydrogen-bond acceptors (Lipinski definition) is 9. The second-order valence-corrected chi connectivity index (χ2v) is 9.34. The largest absolute Gasteiger partial charge is 0.480 e. The first-order chi connectivity index (χ1) is 17.8. The fraction of sp³-hybridized carbons (Fsp3) is 0.739. The summed E-state index contributed by atoms with van der Waals surface area (Å²) < 4.78 is 0. The standard InChI is InChI=1S/C23H43N7O7S/c1-13(19(32)28-14(2)23(36)37)27-21(34)17(9-5-7-11-26-15(3)31)30-22(35)18(8-4-6-10-24)29-20(33)16(25)12-38/h13-14,16-18,38H,4-12,24-25H2,1-3H3,(H,26,31)(H,27,34)(H,28,32)(H,29,33)(H,30,35)(H,36,37)/t13-,14-,16+,17+,18+/m1/s1. The van der Waals surface area contributed by atoms with E-state index in [9.17, 15) is 28.8 Å². The molecule has 0 unspecified atom stereocenters. The molecule has 0 bridgehead atoms. The smallest absolute Gasteiger partial charge is 0.325 e. The second kappa shape index (κ2) is 19.2. The number of carboxylic acid groups (broad SMARTS) is 1. The minimum atomic E-state index is -1.23. The van der Waals surface area contributed by atoms with Crippen LogP contribution in [-0.2, 0) is 28.8 Å². The van der Waals surface area contributed by atoms with Gasteiger partial charge in [-0.2, -0.15) is 12.6 Å².